The van der Waals surface area contributed by atoms with Gasteiger partial charge in [-0.3, -0.25) is 10.2 Å². The molecule has 0 atom stereocenters. The number of hydrogen-bond donors (Lipinski definition) is 4. The number of nitrogens with one attached hydrogen (secondary N) is 2. The summed E-state index contributed by atoms with van der Waals surface area (Å²) in [6.45, 7) is 0. The fourth-order valence-electron chi connectivity index (χ4n) is 3.07. The molecule has 4 rings (SSSR count). The summed E-state index contributed by atoms with van der Waals surface area (Å²) >= 11 is 0.817. The monoisotopic (exact) mass is 368 g/mol. The summed E-state index contributed by atoms with van der Waals surface area (Å²) < 4.78 is 4.37. The van der Waals surface area contributed by atoms with Crippen LogP contribution in [-0.4, -0.2) is 26.8 Å². The van der Waals surface area contributed by atoms with Crippen LogP contribution in [-0.2, 0) is 9.37 Å². The topological polar surface area (TPSA) is 116 Å². The van der Waals surface area contributed by atoms with Gasteiger partial charge in [0.1, 0.15) is 0 Å². The van der Waals surface area contributed by atoms with Crippen molar-refractivity contribution in [2.75, 3.05) is 0 Å². The van der Waals surface area contributed by atoms with E-state index in [1.807, 2.05) is 0 Å². The molecule has 1 aliphatic rings. The van der Waals surface area contributed by atoms with Gasteiger partial charge in [0, 0.05) is 16.0 Å². The van der Waals surface area contributed by atoms with Crippen molar-refractivity contribution in [3.8, 4) is 17.1 Å². The highest BCUT2D eigenvalue weighted by molar-refractivity contribution is 7.94. The number of rotatable bonds is 4. The smallest absolute Gasteiger partial charge is 0.199 e. The van der Waals surface area contributed by atoms with Crippen LogP contribution in [0.25, 0.3) is 11.3 Å². The van der Waals surface area contributed by atoms with Gasteiger partial charge in [0.15, 0.2) is 11.7 Å². The predicted octanol–water partition coefficient (Wildman–Crippen LogP) is 3.78. The molecule has 0 saturated carbocycles. The molecule has 4 N–H and O–H groups in total. The third-order valence-corrected chi connectivity index (χ3v) is 4.80. The molecular weight excluding hydrogens is 356 g/mol. The number of carbonyl (C=O) groups excluding carboxylic acids is 1. The van der Waals surface area contributed by atoms with E-state index in [1.165, 1.54) is 0 Å². The molecule has 7 nitrogen and oxygen atoms in total. The van der Waals surface area contributed by atoms with Gasteiger partial charge in [0.2, 0.25) is 0 Å². The van der Waals surface area contributed by atoms with E-state index < -0.39 is 0 Å². The standard InChI is InChI=1S/C18H12N2O5S/c19-15-11-3-1-2-4-12(11)17(21)14-13(15)18(22)20-16(14)9-5-7-10(8-6-9)26-25-24-23/h1-8,19-20,22-23H. The minimum absolute atomic E-state index is 0.107. The van der Waals surface area contributed by atoms with Crippen molar-refractivity contribution in [3.63, 3.8) is 0 Å². The van der Waals surface area contributed by atoms with Gasteiger partial charge in [0.05, 0.1) is 34.6 Å². The third-order valence-electron chi connectivity index (χ3n) is 4.20. The Morgan fingerprint density at radius 2 is 1.69 bits per heavy atom. The first-order chi connectivity index (χ1) is 12.6. The van der Waals surface area contributed by atoms with Gasteiger partial charge in [-0.1, -0.05) is 41.4 Å². The van der Waals surface area contributed by atoms with Gasteiger partial charge >= 0.3 is 0 Å². The zero-order chi connectivity index (χ0) is 18.3. The van der Waals surface area contributed by atoms with Crippen molar-refractivity contribution in [1.29, 1.82) is 5.41 Å². The molecule has 0 spiro atoms. The first-order valence-electron chi connectivity index (χ1n) is 7.55. The maximum absolute atomic E-state index is 13.0. The number of H-pyrrole nitrogens is 1. The predicted molar refractivity (Wildman–Crippen MR) is 94.4 cm³/mol. The Balaban J connectivity index is 1.81. The van der Waals surface area contributed by atoms with Crippen LogP contribution >= 0.6 is 12.0 Å². The van der Waals surface area contributed by atoms with Gasteiger partial charge < -0.3 is 10.1 Å². The van der Waals surface area contributed by atoms with E-state index in [2.05, 4.69) is 14.4 Å². The summed E-state index contributed by atoms with van der Waals surface area (Å²) in [4.78, 5) is 16.5. The summed E-state index contributed by atoms with van der Waals surface area (Å²) in [5.74, 6) is -0.452. The maximum Gasteiger partial charge on any atom is 0.199 e. The quantitative estimate of drug-likeness (QED) is 0.248. The number of aromatic amines is 1. The van der Waals surface area contributed by atoms with E-state index in [0.29, 0.717) is 27.3 Å². The summed E-state index contributed by atoms with van der Waals surface area (Å²) in [6.07, 6.45) is 0. The van der Waals surface area contributed by atoms with Gasteiger partial charge in [-0.2, -0.15) is 0 Å². The van der Waals surface area contributed by atoms with Crippen LogP contribution in [0.5, 0.6) is 5.88 Å². The minimum Gasteiger partial charge on any atom is -0.494 e. The first-order valence-corrected chi connectivity index (χ1v) is 8.29. The largest absolute Gasteiger partial charge is 0.494 e. The van der Waals surface area contributed by atoms with E-state index >= 15 is 0 Å². The van der Waals surface area contributed by atoms with Crippen molar-refractivity contribution >= 4 is 23.5 Å². The lowest BCUT2D eigenvalue weighted by molar-refractivity contribution is -0.432. The lowest BCUT2D eigenvalue weighted by atomic mass is 9.84. The van der Waals surface area contributed by atoms with Crippen LogP contribution in [0.2, 0.25) is 0 Å². The molecule has 3 aromatic rings. The Hall–Kier alpha value is -2.91. The van der Waals surface area contributed by atoms with E-state index in [-0.39, 0.29) is 28.5 Å². The molecule has 2 aromatic carbocycles. The van der Waals surface area contributed by atoms with Crippen LogP contribution in [0.15, 0.2) is 53.4 Å². The number of fused-ring (bicyclic) bond motifs is 2. The number of carbonyl (C=O) groups is 1. The fraction of sp³-hybridized carbons (Fsp3) is 0. The summed E-state index contributed by atoms with van der Waals surface area (Å²) in [5, 5.41) is 30.4. The molecule has 0 aliphatic heterocycles. The highest BCUT2D eigenvalue weighted by Gasteiger charge is 2.34. The van der Waals surface area contributed by atoms with Crippen LogP contribution < -0.4 is 0 Å². The molecule has 8 heteroatoms. The molecule has 0 saturated heterocycles. The van der Waals surface area contributed by atoms with Crippen molar-refractivity contribution < 1.29 is 24.5 Å². The summed E-state index contributed by atoms with van der Waals surface area (Å²) in [6, 6.07) is 13.7. The van der Waals surface area contributed by atoms with E-state index in [4.69, 9.17) is 10.7 Å². The third kappa shape index (κ3) is 2.52. The number of benzene rings is 2. The van der Waals surface area contributed by atoms with Gasteiger partial charge in [0.25, 0.3) is 0 Å². The second-order valence-corrected chi connectivity index (χ2v) is 6.37. The Morgan fingerprint density at radius 1 is 1.00 bits per heavy atom. The Kier molecular flexibility index (Phi) is 4.09. The average Bonchev–Trinajstić information content (AvgIpc) is 3.02. The van der Waals surface area contributed by atoms with Crippen LogP contribution in [0.3, 0.4) is 0 Å². The number of aromatic nitrogens is 1. The van der Waals surface area contributed by atoms with Crippen LogP contribution in [0.4, 0.5) is 0 Å². The Labute approximate surface area is 151 Å². The molecular formula is C18H12N2O5S. The summed E-state index contributed by atoms with van der Waals surface area (Å²) in [7, 11) is 0. The Morgan fingerprint density at radius 3 is 2.38 bits per heavy atom. The summed E-state index contributed by atoms with van der Waals surface area (Å²) in [5.41, 5.74) is 2.63. The van der Waals surface area contributed by atoms with E-state index in [1.54, 1.807) is 48.5 Å². The zero-order valence-electron chi connectivity index (χ0n) is 13.1. The molecule has 0 radical (unpaired) electrons. The molecule has 130 valence electrons. The number of aromatic hydroxyl groups is 1. The lowest BCUT2D eigenvalue weighted by Gasteiger charge is -2.17. The molecule has 0 unspecified atom stereocenters. The fourth-order valence-corrected chi connectivity index (χ4v) is 3.43. The zero-order valence-corrected chi connectivity index (χ0v) is 14.0. The van der Waals surface area contributed by atoms with E-state index in [0.717, 1.165) is 12.0 Å². The number of hydrogen-bond acceptors (Lipinski definition) is 7. The van der Waals surface area contributed by atoms with Gasteiger partial charge in [-0.25, -0.2) is 5.26 Å². The minimum atomic E-state index is -0.242. The SMILES string of the molecule is N=C1c2ccccc2C(=O)c2c(-c3ccc(SOOO)cc3)[nH]c(O)c21. The van der Waals surface area contributed by atoms with Crippen LogP contribution in [0, 0.1) is 5.41 Å². The molecule has 1 aliphatic carbocycles. The average molecular weight is 368 g/mol. The van der Waals surface area contributed by atoms with Crippen molar-refractivity contribution in [3.05, 3.63) is 70.8 Å². The van der Waals surface area contributed by atoms with Gasteiger partial charge in [-0.15, -0.1) is 4.33 Å². The molecule has 0 bridgehead atoms. The van der Waals surface area contributed by atoms with Crippen molar-refractivity contribution in [1.82, 2.24) is 4.98 Å². The molecule has 1 heterocycles. The second kappa shape index (κ2) is 6.43. The second-order valence-electron chi connectivity index (χ2n) is 5.60. The van der Waals surface area contributed by atoms with E-state index in [9.17, 15) is 9.90 Å². The Bertz CT molecular complexity index is 1030. The number of ketones is 1. The van der Waals surface area contributed by atoms with Gasteiger partial charge in [-0.05, 0) is 17.7 Å². The molecule has 26 heavy (non-hydrogen) atoms. The first kappa shape index (κ1) is 16.6. The molecule has 1 aromatic heterocycles. The normalized spacial score (nSPS) is 12.8. The molecule has 0 amide bonds. The maximum atomic E-state index is 13.0. The van der Waals surface area contributed by atoms with Crippen molar-refractivity contribution in [2.24, 2.45) is 0 Å². The highest BCUT2D eigenvalue weighted by Crippen LogP contribution is 2.39. The lowest BCUT2D eigenvalue weighted by Crippen LogP contribution is -2.19. The highest BCUT2D eigenvalue weighted by atomic mass is 32.2. The van der Waals surface area contributed by atoms with Crippen LogP contribution in [0.1, 0.15) is 27.0 Å². The van der Waals surface area contributed by atoms with Crippen molar-refractivity contribution in [2.45, 2.75) is 4.90 Å². The molecule has 0 fully saturated rings.